The number of aromatic nitrogens is 5. The number of amides is 1. The molecule has 0 bridgehead atoms. The summed E-state index contributed by atoms with van der Waals surface area (Å²) in [5.41, 5.74) is 1.97. The highest BCUT2D eigenvalue weighted by molar-refractivity contribution is 7.99. The maximum absolute atomic E-state index is 12.1. The summed E-state index contributed by atoms with van der Waals surface area (Å²) in [5.74, 6) is 0.265. The van der Waals surface area contributed by atoms with Gasteiger partial charge in [-0.05, 0) is 31.0 Å². The number of hydrogen-bond donors (Lipinski definition) is 2. The Morgan fingerprint density at radius 3 is 2.75 bits per heavy atom. The first-order valence-electron chi connectivity index (χ1n) is 7.40. The van der Waals surface area contributed by atoms with Crippen molar-refractivity contribution >= 4 is 29.1 Å². The van der Waals surface area contributed by atoms with E-state index in [4.69, 9.17) is 0 Å². The summed E-state index contributed by atoms with van der Waals surface area (Å²) in [6.45, 7) is 3.68. The van der Waals surface area contributed by atoms with E-state index in [0.717, 1.165) is 12.1 Å². The number of carbonyl (C=O) groups excluding carboxylic acids is 1. The summed E-state index contributed by atoms with van der Waals surface area (Å²) in [4.78, 5) is 26.1. The highest BCUT2D eigenvalue weighted by Crippen LogP contribution is 2.16. The van der Waals surface area contributed by atoms with Crippen molar-refractivity contribution in [1.82, 2.24) is 24.8 Å². The minimum Gasteiger partial charge on any atom is -0.325 e. The Bertz CT molecular complexity index is 931. The molecule has 0 aliphatic rings. The van der Waals surface area contributed by atoms with E-state index < -0.39 is 0 Å². The van der Waals surface area contributed by atoms with E-state index >= 15 is 0 Å². The van der Waals surface area contributed by atoms with Crippen molar-refractivity contribution in [3.8, 4) is 0 Å². The number of hydrogen-bond acceptors (Lipinski definition) is 6. The van der Waals surface area contributed by atoms with Crippen LogP contribution in [0.4, 0.5) is 5.69 Å². The quantitative estimate of drug-likeness (QED) is 0.678. The molecular weight excluding hydrogens is 328 g/mol. The molecular formula is C15H16N6O2S. The Hall–Kier alpha value is -2.68. The van der Waals surface area contributed by atoms with Gasteiger partial charge in [0.15, 0.2) is 0 Å². The zero-order valence-corrected chi connectivity index (χ0v) is 14.1. The van der Waals surface area contributed by atoms with E-state index in [1.807, 2.05) is 24.3 Å². The third-order valence-electron chi connectivity index (χ3n) is 3.39. The van der Waals surface area contributed by atoms with Crippen LogP contribution in [-0.4, -0.2) is 36.5 Å². The smallest absolute Gasteiger partial charge is 0.273 e. The number of anilines is 1. The van der Waals surface area contributed by atoms with E-state index in [1.54, 1.807) is 6.92 Å². The first-order valence-corrected chi connectivity index (χ1v) is 8.39. The van der Waals surface area contributed by atoms with E-state index in [9.17, 15) is 9.59 Å². The molecule has 0 saturated carbocycles. The van der Waals surface area contributed by atoms with Gasteiger partial charge in [-0.2, -0.15) is 9.61 Å². The molecule has 8 nitrogen and oxygen atoms in total. The second kappa shape index (κ2) is 6.83. The van der Waals surface area contributed by atoms with Crippen molar-refractivity contribution in [2.24, 2.45) is 0 Å². The van der Waals surface area contributed by atoms with Crippen LogP contribution >= 0.6 is 11.8 Å². The van der Waals surface area contributed by atoms with Crippen molar-refractivity contribution in [3.05, 3.63) is 45.9 Å². The number of aryl methyl sites for hydroxylation is 2. The number of rotatable bonds is 5. The summed E-state index contributed by atoms with van der Waals surface area (Å²) in [7, 11) is 0. The summed E-state index contributed by atoms with van der Waals surface area (Å²) < 4.78 is 1.42. The Morgan fingerprint density at radius 2 is 2.04 bits per heavy atom. The predicted molar refractivity (Wildman–Crippen MR) is 91.3 cm³/mol. The van der Waals surface area contributed by atoms with Crippen LogP contribution in [0, 0.1) is 6.92 Å². The van der Waals surface area contributed by atoms with Gasteiger partial charge in [0.2, 0.25) is 11.1 Å². The molecule has 0 radical (unpaired) electrons. The highest BCUT2D eigenvalue weighted by Gasteiger charge is 2.12. The molecule has 124 valence electrons. The largest absolute Gasteiger partial charge is 0.325 e. The second-order valence-corrected chi connectivity index (χ2v) is 6.09. The molecule has 2 N–H and O–H groups in total. The minimum atomic E-state index is -0.306. The van der Waals surface area contributed by atoms with Gasteiger partial charge in [-0.15, -0.1) is 10.2 Å². The number of nitrogens with zero attached hydrogens (tertiary/aromatic N) is 4. The number of thioether (sulfide) groups is 1. The number of carbonyl (C=O) groups is 1. The Kier molecular flexibility index (Phi) is 4.61. The summed E-state index contributed by atoms with van der Waals surface area (Å²) >= 11 is 1.20. The summed E-state index contributed by atoms with van der Waals surface area (Å²) in [6.07, 6.45) is 0.957. The fourth-order valence-corrected chi connectivity index (χ4v) is 2.74. The van der Waals surface area contributed by atoms with Crippen LogP contribution in [0.2, 0.25) is 0 Å². The normalized spacial score (nSPS) is 10.9. The van der Waals surface area contributed by atoms with Gasteiger partial charge < -0.3 is 5.32 Å². The first-order chi connectivity index (χ1) is 11.6. The van der Waals surface area contributed by atoms with Crippen molar-refractivity contribution in [2.45, 2.75) is 25.4 Å². The molecule has 3 rings (SSSR count). The van der Waals surface area contributed by atoms with Crippen molar-refractivity contribution in [3.63, 3.8) is 0 Å². The zero-order valence-electron chi connectivity index (χ0n) is 13.2. The van der Waals surface area contributed by atoms with Crippen LogP contribution < -0.4 is 10.9 Å². The van der Waals surface area contributed by atoms with Gasteiger partial charge in [-0.25, -0.2) is 0 Å². The standard InChI is InChI=1S/C15H16N6O2S/c1-3-10-4-6-11(7-5-10)16-12(22)8-24-15-19-18-14-17-13(23)9(2)20-21(14)15/h4-7H,3,8H2,1-2H3,(H,16,22)(H,17,18,23). The second-order valence-electron chi connectivity index (χ2n) is 5.14. The van der Waals surface area contributed by atoms with Gasteiger partial charge in [0.1, 0.15) is 5.69 Å². The average Bonchev–Trinajstić information content (AvgIpc) is 2.96. The summed E-state index contributed by atoms with van der Waals surface area (Å²) in [5, 5.41) is 15.2. The van der Waals surface area contributed by atoms with E-state index in [0.29, 0.717) is 10.9 Å². The van der Waals surface area contributed by atoms with Crippen LogP contribution in [0.3, 0.4) is 0 Å². The molecule has 0 fully saturated rings. The zero-order chi connectivity index (χ0) is 17.1. The highest BCUT2D eigenvalue weighted by atomic mass is 32.2. The molecule has 0 atom stereocenters. The molecule has 9 heteroatoms. The topological polar surface area (TPSA) is 105 Å². The molecule has 2 heterocycles. The van der Waals surface area contributed by atoms with E-state index in [1.165, 1.54) is 21.8 Å². The third-order valence-corrected chi connectivity index (χ3v) is 4.31. The fourth-order valence-electron chi connectivity index (χ4n) is 2.06. The van der Waals surface area contributed by atoms with Gasteiger partial charge >= 0.3 is 0 Å². The summed E-state index contributed by atoms with van der Waals surface area (Å²) in [6, 6.07) is 7.72. The van der Waals surface area contributed by atoms with Gasteiger partial charge in [0.05, 0.1) is 5.75 Å². The van der Waals surface area contributed by atoms with Crippen LogP contribution in [0.1, 0.15) is 18.2 Å². The molecule has 0 aliphatic carbocycles. The number of aromatic amines is 1. The predicted octanol–water partition coefficient (Wildman–Crippen LogP) is 1.41. The van der Waals surface area contributed by atoms with Gasteiger partial charge in [-0.1, -0.05) is 30.8 Å². The molecule has 0 spiro atoms. The SMILES string of the molecule is CCc1ccc(NC(=O)CSc2nnc3[nH]c(=O)c(C)nn23)cc1. The lowest BCUT2D eigenvalue weighted by Gasteiger charge is -2.05. The lowest BCUT2D eigenvalue weighted by Crippen LogP contribution is -2.16. The molecule has 24 heavy (non-hydrogen) atoms. The fraction of sp³-hybridized carbons (Fsp3) is 0.267. The minimum absolute atomic E-state index is 0.151. The van der Waals surface area contributed by atoms with Crippen molar-refractivity contribution < 1.29 is 4.79 Å². The number of nitrogens with one attached hydrogen (secondary N) is 2. The third kappa shape index (κ3) is 3.46. The molecule has 1 aromatic carbocycles. The van der Waals surface area contributed by atoms with Gasteiger partial charge in [0, 0.05) is 5.69 Å². The van der Waals surface area contributed by atoms with E-state index in [2.05, 4.69) is 32.5 Å². The average molecular weight is 344 g/mol. The lowest BCUT2D eigenvalue weighted by atomic mass is 10.1. The maximum Gasteiger partial charge on any atom is 0.273 e. The Balaban J connectivity index is 1.65. The Morgan fingerprint density at radius 1 is 1.29 bits per heavy atom. The monoisotopic (exact) mass is 344 g/mol. The van der Waals surface area contributed by atoms with Crippen molar-refractivity contribution in [1.29, 1.82) is 0 Å². The van der Waals surface area contributed by atoms with Crippen molar-refractivity contribution in [2.75, 3.05) is 11.1 Å². The molecule has 1 amide bonds. The van der Waals surface area contributed by atoms with Crippen LogP contribution in [0.25, 0.3) is 5.78 Å². The molecule has 0 unspecified atom stereocenters. The van der Waals surface area contributed by atoms with E-state index in [-0.39, 0.29) is 23.0 Å². The number of benzene rings is 1. The molecule has 3 aromatic rings. The van der Waals surface area contributed by atoms with Gasteiger partial charge in [0.25, 0.3) is 11.3 Å². The molecule has 0 saturated heterocycles. The van der Waals surface area contributed by atoms with Gasteiger partial charge in [-0.3, -0.25) is 14.6 Å². The van der Waals surface area contributed by atoms with Crippen LogP contribution in [-0.2, 0) is 11.2 Å². The molecule has 0 aliphatic heterocycles. The van der Waals surface area contributed by atoms with Crippen LogP contribution in [0.5, 0.6) is 0 Å². The maximum atomic E-state index is 12.1. The molecule has 2 aromatic heterocycles. The van der Waals surface area contributed by atoms with Crippen LogP contribution in [0.15, 0.2) is 34.2 Å². The lowest BCUT2D eigenvalue weighted by molar-refractivity contribution is -0.113. The first kappa shape index (κ1) is 16.2. The Labute approximate surface area is 141 Å². The number of H-pyrrole nitrogens is 1. The number of fused-ring (bicyclic) bond motifs is 1.